The highest BCUT2D eigenvalue weighted by molar-refractivity contribution is 5.94. The highest BCUT2D eigenvalue weighted by atomic mass is 19.4. The Morgan fingerprint density at radius 2 is 1.69 bits per heavy atom. The van der Waals surface area contributed by atoms with E-state index in [1.54, 1.807) is 0 Å². The minimum Gasteiger partial charge on any atom is -0.481 e. The zero-order valence-corrected chi connectivity index (χ0v) is 15.6. The molecule has 29 heavy (non-hydrogen) atoms. The average molecular weight is 412 g/mol. The van der Waals surface area contributed by atoms with Crippen LogP contribution in [-0.4, -0.2) is 35.1 Å². The van der Waals surface area contributed by atoms with Crippen LogP contribution in [0, 0.1) is 5.82 Å². The van der Waals surface area contributed by atoms with E-state index in [-0.39, 0.29) is 29.7 Å². The number of aromatic nitrogens is 2. The number of carbonyl (C=O) groups is 1. The van der Waals surface area contributed by atoms with Gasteiger partial charge in [0.2, 0.25) is 11.7 Å². The number of hydrogen-bond acceptors (Lipinski definition) is 5. The first-order valence-corrected chi connectivity index (χ1v) is 9.08. The number of halogens is 4. The summed E-state index contributed by atoms with van der Waals surface area (Å²) in [7, 11) is 1.24. The molecule has 1 aliphatic carbocycles. The molecule has 1 fully saturated rings. The van der Waals surface area contributed by atoms with E-state index < -0.39 is 17.8 Å². The van der Waals surface area contributed by atoms with Crippen LogP contribution in [0.25, 0.3) is 0 Å². The molecule has 10 heteroatoms. The smallest absolute Gasteiger partial charge is 0.451 e. The fraction of sp³-hybridized carbons (Fsp3) is 0.421. The van der Waals surface area contributed by atoms with Crippen LogP contribution in [0.5, 0.6) is 5.88 Å². The second-order valence-electron chi connectivity index (χ2n) is 6.79. The van der Waals surface area contributed by atoms with Crippen LogP contribution < -0.4 is 15.4 Å². The molecule has 1 saturated carbocycles. The summed E-state index contributed by atoms with van der Waals surface area (Å²) in [5.41, 5.74) is 0.374. The number of amides is 1. The fourth-order valence-corrected chi connectivity index (χ4v) is 3.19. The Kier molecular flexibility index (Phi) is 6.19. The van der Waals surface area contributed by atoms with Crippen LogP contribution in [-0.2, 0) is 6.18 Å². The van der Waals surface area contributed by atoms with E-state index >= 15 is 0 Å². The number of hydrogen-bond donors (Lipinski definition) is 2. The zero-order valence-electron chi connectivity index (χ0n) is 15.6. The Hall–Kier alpha value is -2.91. The van der Waals surface area contributed by atoms with E-state index in [0.717, 1.165) is 0 Å². The maximum atomic E-state index is 13.0. The molecule has 0 aliphatic heterocycles. The third-order valence-corrected chi connectivity index (χ3v) is 4.69. The molecule has 0 saturated heterocycles. The summed E-state index contributed by atoms with van der Waals surface area (Å²) in [6, 6.07) is 6.45. The van der Waals surface area contributed by atoms with Crippen molar-refractivity contribution in [2.75, 3.05) is 12.4 Å². The molecule has 1 aliphatic rings. The van der Waals surface area contributed by atoms with Crippen LogP contribution in [0.1, 0.15) is 41.9 Å². The van der Waals surface area contributed by atoms with Gasteiger partial charge in [0.15, 0.2) is 0 Å². The van der Waals surface area contributed by atoms with Gasteiger partial charge >= 0.3 is 6.18 Å². The Balaban J connectivity index is 1.56. The van der Waals surface area contributed by atoms with Gasteiger partial charge in [-0.15, -0.1) is 0 Å². The molecule has 0 atom stereocenters. The van der Waals surface area contributed by atoms with Crippen LogP contribution in [0.3, 0.4) is 0 Å². The highest BCUT2D eigenvalue weighted by Crippen LogP contribution is 2.30. The van der Waals surface area contributed by atoms with Gasteiger partial charge in [0, 0.05) is 23.7 Å². The number of rotatable bonds is 5. The second kappa shape index (κ2) is 8.62. The van der Waals surface area contributed by atoms with Crippen molar-refractivity contribution < 1.29 is 27.1 Å². The molecule has 6 nitrogen and oxygen atoms in total. The van der Waals surface area contributed by atoms with Crippen LogP contribution in [0.2, 0.25) is 0 Å². The van der Waals surface area contributed by atoms with Crippen molar-refractivity contribution in [2.45, 2.75) is 43.9 Å². The maximum Gasteiger partial charge on any atom is 0.451 e. The number of benzene rings is 1. The van der Waals surface area contributed by atoms with Gasteiger partial charge in [-0.3, -0.25) is 4.79 Å². The summed E-state index contributed by atoms with van der Waals surface area (Å²) < 4.78 is 56.6. The molecule has 0 radical (unpaired) electrons. The van der Waals surface area contributed by atoms with Gasteiger partial charge in [0.25, 0.3) is 5.91 Å². The van der Waals surface area contributed by atoms with Crippen molar-refractivity contribution in [3.8, 4) is 5.88 Å². The lowest BCUT2D eigenvalue weighted by atomic mass is 9.91. The molecule has 1 heterocycles. The maximum absolute atomic E-state index is 13.0. The largest absolute Gasteiger partial charge is 0.481 e. The topological polar surface area (TPSA) is 76.1 Å². The van der Waals surface area contributed by atoms with Crippen molar-refractivity contribution in [1.82, 2.24) is 15.3 Å². The molecule has 2 aromatic rings. The average Bonchev–Trinajstić information content (AvgIpc) is 2.69. The highest BCUT2D eigenvalue weighted by Gasteiger charge is 2.36. The van der Waals surface area contributed by atoms with E-state index in [1.165, 1.54) is 37.4 Å². The molecule has 1 aromatic heterocycles. The number of carbonyl (C=O) groups excluding carboxylic acids is 1. The molecule has 3 rings (SSSR count). The molecule has 2 N–H and O–H groups in total. The number of ether oxygens (including phenoxy) is 1. The predicted octanol–water partition coefficient (Wildman–Crippen LogP) is 3.80. The molecular weight excluding hydrogens is 392 g/mol. The molecule has 0 unspecified atom stereocenters. The Morgan fingerprint density at radius 3 is 2.28 bits per heavy atom. The third kappa shape index (κ3) is 5.55. The van der Waals surface area contributed by atoms with E-state index in [4.69, 9.17) is 4.74 Å². The molecule has 0 spiro atoms. The van der Waals surface area contributed by atoms with E-state index in [9.17, 15) is 22.4 Å². The monoisotopic (exact) mass is 412 g/mol. The first-order chi connectivity index (χ1) is 13.7. The van der Waals surface area contributed by atoms with Crippen molar-refractivity contribution in [2.24, 2.45) is 0 Å². The van der Waals surface area contributed by atoms with Gasteiger partial charge in [-0.2, -0.15) is 18.2 Å². The quantitative estimate of drug-likeness (QED) is 0.731. The lowest BCUT2D eigenvalue weighted by molar-refractivity contribution is -0.145. The fourth-order valence-electron chi connectivity index (χ4n) is 3.19. The molecular formula is C19H20F4N4O2. The van der Waals surface area contributed by atoms with Crippen LogP contribution in [0.15, 0.2) is 30.3 Å². The summed E-state index contributed by atoms with van der Waals surface area (Å²) in [6.07, 6.45) is -2.09. The number of nitrogens with zero attached hydrogens (tertiary/aromatic N) is 2. The predicted molar refractivity (Wildman–Crippen MR) is 97.1 cm³/mol. The van der Waals surface area contributed by atoms with Crippen molar-refractivity contribution >= 4 is 11.7 Å². The zero-order chi connectivity index (χ0) is 21.0. The Bertz CT molecular complexity index is 850. The Morgan fingerprint density at radius 1 is 1.07 bits per heavy atom. The number of anilines is 1. The van der Waals surface area contributed by atoms with Gasteiger partial charge in [0.1, 0.15) is 11.6 Å². The minimum absolute atomic E-state index is 0.0444. The standard InChI is InChI=1S/C19H20F4N4O2/c1-29-16-10-15(26-18(27-16)19(21,22)23)24-13-6-8-14(9-7-13)25-17(28)11-2-4-12(20)5-3-11/h2-5,10,13-14H,6-9H2,1H3,(H,25,28)(H,24,26,27). The summed E-state index contributed by atoms with van der Waals surface area (Å²) in [6.45, 7) is 0. The molecule has 156 valence electrons. The van der Waals surface area contributed by atoms with Gasteiger partial charge in [-0.05, 0) is 49.9 Å². The summed E-state index contributed by atoms with van der Waals surface area (Å²) >= 11 is 0. The van der Waals surface area contributed by atoms with Gasteiger partial charge < -0.3 is 15.4 Å². The molecule has 0 bridgehead atoms. The van der Waals surface area contributed by atoms with Gasteiger partial charge in [-0.1, -0.05) is 0 Å². The minimum atomic E-state index is -4.67. The van der Waals surface area contributed by atoms with Crippen LogP contribution in [0.4, 0.5) is 23.4 Å². The first-order valence-electron chi connectivity index (χ1n) is 9.08. The number of nitrogens with one attached hydrogen (secondary N) is 2. The molecule has 1 amide bonds. The summed E-state index contributed by atoms with van der Waals surface area (Å²) in [4.78, 5) is 19.1. The number of methoxy groups -OCH3 is 1. The lowest BCUT2D eigenvalue weighted by Gasteiger charge is -2.30. The van der Waals surface area contributed by atoms with E-state index in [2.05, 4.69) is 20.6 Å². The third-order valence-electron chi connectivity index (χ3n) is 4.69. The second-order valence-corrected chi connectivity index (χ2v) is 6.79. The Labute approximate surface area is 164 Å². The van der Waals surface area contributed by atoms with Crippen molar-refractivity contribution in [1.29, 1.82) is 0 Å². The number of alkyl halides is 3. The summed E-state index contributed by atoms with van der Waals surface area (Å²) in [5, 5.41) is 5.90. The SMILES string of the molecule is COc1cc(NC2CCC(NC(=O)c3ccc(F)cc3)CC2)nc(C(F)(F)F)n1. The van der Waals surface area contributed by atoms with Gasteiger partial charge in [0.05, 0.1) is 7.11 Å². The first kappa shape index (κ1) is 20.8. The normalized spacial score (nSPS) is 19.5. The molecule has 1 aromatic carbocycles. The summed E-state index contributed by atoms with van der Waals surface area (Å²) in [5.74, 6) is -2.09. The van der Waals surface area contributed by atoms with E-state index in [0.29, 0.717) is 31.2 Å². The lowest BCUT2D eigenvalue weighted by Crippen LogP contribution is -2.40. The van der Waals surface area contributed by atoms with Crippen molar-refractivity contribution in [3.05, 3.63) is 47.5 Å². The van der Waals surface area contributed by atoms with Crippen molar-refractivity contribution in [3.63, 3.8) is 0 Å². The van der Waals surface area contributed by atoms with E-state index in [1.807, 2.05) is 0 Å². The van der Waals surface area contributed by atoms with Crippen LogP contribution >= 0.6 is 0 Å². The van der Waals surface area contributed by atoms with Gasteiger partial charge in [-0.25, -0.2) is 9.37 Å².